The lowest BCUT2D eigenvalue weighted by Gasteiger charge is -2.23. The van der Waals surface area contributed by atoms with Crippen LogP contribution in [-0.2, 0) is 16.0 Å². The van der Waals surface area contributed by atoms with Gasteiger partial charge in [0.2, 0.25) is 0 Å². The molecule has 0 bridgehead atoms. The molecule has 5 nitrogen and oxygen atoms in total. The summed E-state index contributed by atoms with van der Waals surface area (Å²) in [6.45, 7) is 5.32. The summed E-state index contributed by atoms with van der Waals surface area (Å²) in [6, 6.07) is 1.55. The largest absolute Gasteiger partial charge is 0.481 e. The van der Waals surface area contributed by atoms with Crippen LogP contribution in [0.5, 0.6) is 0 Å². The molecule has 1 amide bonds. The molecule has 1 atom stereocenters. The van der Waals surface area contributed by atoms with Crippen molar-refractivity contribution < 1.29 is 19.4 Å². The molecule has 124 valence electrons. The normalized spacial score (nSPS) is 12.8. The maximum Gasteiger partial charge on any atom is 0.407 e. The van der Waals surface area contributed by atoms with Crippen molar-refractivity contribution in [1.82, 2.24) is 5.32 Å². The molecular weight excluding hydrogens is 394 g/mol. The van der Waals surface area contributed by atoms with Crippen LogP contribution in [0.1, 0.15) is 38.5 Å². The summed E-state index contributed by atoms with van der Waals surface area (Å²) in [5.74, 6) is -0.901. The highest BCUT2D eigenvalue weighted by molar-refractivity contribution is 9.10. The van der Waals surface area contributed by atoms with Crippen LogP contribution in [0.4, 0.5) is 4.79 Å². The van der Waals surface area contributed by atoms with E-state index in [1.807, 2.05) is 6.07 Å². The molecule has 0 aliphatic rings. The highest BCUT2D eigenvalue weighted by atomic mass is 79.9. The van der Waals surface area contributed by atoms with E-state index in [9.17, 15) is 9.59 Å². The van der Waals surface area contributed by atoms with Crippen LogP contribution in [-0.4, -0.2) is 28.8 Å². The zero-order valence-electron chi connectivity index (χ0n) is 12.6. The summed E-state index contributed by atoms with van der Waals surface area (Å²) < 4.78 is 6.64. The zero-order chi connectivity index (χ0) is 16.9. The van der Waals surface area contributed by atoms with E-state index >= 15 is 0 Å². The van der Waals surface area contributed by atoms with Crippen molar-refractivity contribution in [2.45, 2.75) is 51.7 Å². The maximum absolute atomic E-state index is 11.9. The van der Waals surface area contributed by atoms with Crippen LogP contribution < -0.4 is 5.32 Å². The molecule has 0 fully saturated rings. The van der Waals surface area contributed by atoms with Gasteiger partial charge in [-0.15, -0.1) is 11.3 Å². The molecule has 0 saturated carbocycles. The first-order valence-corrected chi connectivity index (χ1v) is 8.70. The minimum Gasteiger partial charge on any atom is -0.481 e. The van der Waals surface area contributed by atoms with Crippen LogP contribution >= 0.6 is 38.9 Å². The van der Waals surface area contributed by atoms with E-state index < -0.39 is 17.7 Å². The van der Waals surface area contributed by atoms with E-state index in [0.717, 1.165) is 9.35 Å². The van der Waals surface area contributed by atoms with Crippen molar-refractivity contribution in [2.75, 3.05) is 0 Å². The first-order chi connectivity index (χ1) is 10.1. The van der Waals surface area contributed by atoms with Gasteiger partial charge in [-0.1, -0.05) is 11.6 Å². The zero-order valence-corrected chi connectivity index (χ0v) is 15.8. The first kappa shape index (κ1) is 19.3. The molecule has 22 heavy (non-hydrogen) atoms. The molecule has 2 N–H and O–H groups in total. The molecular formula is C14H19BrClNO4S. The van der Waals surface area contributed by atoms with Gasteiger partial charge in [0.15, 0.2) is 0 Å². The Morgan fingerprint density at radius 1 is 1.50 bits per heavy atom. The fourth-order valence-corrected chi connectivity index (χ4v) is 3.60. The van der Waals surface area contributed by atoms with Gasteiger partial charge < -0.3 is 15.2 Å². The number of carboxylic acid groups (broad SMARTS) is 1. The predicted octanol–water partition coefficient (Wildman–Crippen LogP) is 4.46. The van der Waals surface area contributed by atoms with Crippen LogP contribution in [0.2, 0.25) is 4.34 Å². The van der Waals surface area contributed by atoms with Gasteiger partial charge in [-0.05, 0) is 49.2 Å². The van der Waals surface area contributed by atoms with Gasteiger partial charge in [-0.25, -0.2) is 4.79 Å². The third-order valence-corrected chi connectivity index (χ3v) is 5.07. The average Bonchev–Trinajstić information content (AvgIpc) is 2.62. The molecule has 0 saturated heterocycles. The van der Waals surface area contributed by atoms with Gasteiger partial charge >= 0.3 is 12.1 Å². The Hall–Kier alpha value is -0.790. The molecule has 0 radical (unpaired) electrons. The number of nitrogens with one attached hydrogen (secondary N) is 1. The summed E-state index contributed by atoms with van der Waals surface area (Å²) in [7, 11) is 0. The lowest BCUT2D eigenvalue weighted by atomic mass is 10.1. The highest BCUT2D eigenvalue weighted by Crippen LogP contribution is 2.32. The van der Waals surface area contributed by atoms with Crippen LogP contribution in [0, 0.1) is 0 Å². The quantitative estimate of drug-likeness (QED) is 0.723. The first-order valence-electron chi connectivity index (χ1n) is 6.72. The smallest absolute Gasteiger partial charge is 0.407 e. The Kier molecular flexibility index (Phi) is 7.15. The number of amides is 1. The number of alkyl carbamates (subject to hydrolysis) is 1. The number of halogens is 2. The van der Waals surface area contributed by atoms with Crippen molar-refractivity contribution in [1.29, 1.82) is 0 Å². The number of ether oxygens (including phenoxy) is 1. The highest BCUT2D eigenvalue weighted by Gasteiger charge is 2.21. The molecule has 1 aromatic heterocycles. The number of rotatable bonds is 6. The van der Waals surface area contributed by atoms with E-state index in [1.165, 1.54) is 11.3 Å². The van der Waals surface area contributed by atoms with Gasteiger partial charge in [-0.2, -0.15) is 0 Å². The number of carbonyl (C=O) groups is 2. The fraction of sp³-hybridized carbons (Fsp3) is 0.571. The van der Waals surface area contributed by atoms with Crippen LogP contribution in [0.15, 0.2) is 10.5 Å². The summed E-state index contributed by atoms with van der Waals surface area (Å²) in [5, 5.41) is 11.6. The number of carbonyl (C=O) groups excluding carboxylic acids is 1. The van der Waals surface area contributed by atoms with Crippen molar-refractivity contribution in [3.8, 4) is 0 Å². The van der Waals surface area contributed by atoms with E-state index in [4.69, 9.17) is 21.4 Å². The molecule has 1 heterocycles. The van der Waals surface area contributed by atoms with Crippen molar-refractivity contribution >= 4 is 50.9 Å². The average molecular weight is 413 g/mol. The Bertz CT molecular complexity index is 522. The lowest BCUT2D eigenvalue weighted by molar-refractivity contribution is -0.137. The van der Waals surface area contributed by atoms with Crippen LogP contribution in [0.25, 0.3) is 0 Å². The SMILES string of the molecule is CC(C)(C)OC(=O)NC(CCC(=O)O)Cc1cc(Br)c(Cl)s1. The second-order valence-corrected chi connectivity index (χ2v) is 8.41. The maximum atomic E-state index is 11.9. The van der Waals surface area contributed by atoms with Gasteiger partial charge in [0.1, 0.15) is 9.94 Å². The fourth-order valence-electron chi connectivity index (χ4n) is 1.73. The van der Waals surface area contributed by atoms with E-state index in [2.05, 4.69) is 21.2 Å². The standard InChI is InChI=1S/C14H19BrClNO4S/c1-14(2,3)21-13(20)17-8(4-5-11(18)19)6-9-7-10(15)12(16)22-9/h7-8H,4-6H2,1-3H3,(H,17,20)(H,18,19). The Labute approximate surface area is 147 Å². The van der Waals surface area contributed by atoms with E-state index in [1.54, 1.807) is 20.8 Å². The molecule has 0 aliphatic carbocycles. The van der Waals surface area contributed by atoms with Crippen LogP contribution in [0.3, 0.4) is 0 Å². The molecule has 0 spiro atoms. The van der Waals surface area contributed by atoms with E-state index in [-0.39, 0.29) is 12.5 Å². The number of hydrogen-bond donors (Lipinski definition) is 2. The second-order valence-electron chi connectivity index (χ2n) is 5.81. The van der Waals surface area contributed by atoms with Gasteiger partial charge in [0, 0.05) is 28.2 Å². The number of thiophene rings is 1. The Morgan fingerprint density at radius 2 is 2.14 bits per heavy atom. The van der Waals surface area contributed by atoms with Gasteiger partial charge in [0.25, 0.3) is 0 Å². The number of hydrogen-bond acceptors (Lipinski definition) is 4. The summed E-state index contributed by atoms with van der Waals surface area (Å²) in [5.41, 5.74) is -0.600. The molecule has 0 aliphatic heterocycles. The Morgan fingerprint density at radius 3 is 2.59 bits per heavy atom. The summed E-state index contributed by atoms with van der Waals surface area (Å²) in [6.07, 6.45) is 0.245. The van der Waals surface area contributed by atoms with Crippen molar-refractivity contribution in [3.63, 3.8) is 0 Å². The third kappa shape index (κ3) is 7.47. The monoisotopic (exact) mass is 411 g/mol. The molecule has 1 aromatic rings. The summed E-state index contributed by atoms with van der Waals surface area (Å²) >= 11 is 10.7. The number of aliphatic carboxylic acids is 1. The van der Waals surface area contributed by atoms with Gasteiger partial charge in [0.05, 0.1) is 0 Å². The minimum absolute atomic E-state index is 0.0270. The molecule has 1 rings (SSSR count). The number of carboxylic acids is 1. The topological polar surface area (TPSA) is 75.6 Å². The third-order valence-electron chi connectivity index (χ3n) is 2.57. The van der Waals surface area contributed by atoms with Crippen molar-refractivity contribution in [2.24, 2.45) is 0 Å². The van der Waals surface area contributed by atoms with Crippen molar-refractivity contribution in [3.05, 3.63) is 19.8 Å². The molecule has 8 heteroatoms. The Balaban J connectivity index is 2.70. The minimum atomic E-state index is -0.901. The summed E-state index contributed by atoms with van der Waals surface area (Å²) in [4.78, 5) is 23.6. The second kappa shape index (κ2) is 8.17. The lowest BCUT2D eigenvalue weighted by Crippen LogP contribution is -2.40. The van der Waals surface area contributed by atoms with E-state index in [0.29, 0.717) is 17.2 Å². The molecule has 1 unspecified atom stereocenters. The predicted molar refractivity (Wildman–Crippen MR) is 90.8 cm³/mol. The van der Waals surface area contributed by atoms with Gasteiger partial charge in [-0.3, -0.25) is 4.79 Å². The molecule has 0 aromatic carbocycles.